The van der Waals surface area contributed by atoms with Gasteiger partial charge in [-0.25, -0.2) is 0 Å². The van der Waals surface area contributed by atoms with Crippen molar-refractivity contribution in [2.45, 2.75) is 99.7 Å². The Kier molecular flexibility index (Phi) is 16.4. The number of aliphatic hydroxyl groups is 2. The lowest BCUT2D eigenvalue weighted by atomic mass is 9.55. The third-order valence-corrected chi connectivity index (χ3v) is 15.1. The van der Waals surface area contributed by atoms with Crippen molar-refractivity contribution >= 4 is 23.4 Å². The number of hydrogen-bond acceptors (Lipinski definition) is 13. The van der Waals surface area contributed by atoms with E-state index in [9.17, 15) is 15.5 Å². The minimum atomic E-state index is -1.50. The number of nitrogens with zero attached hydrogens (tertiary/aromatic N) is 3. The Balaban J connectivity index is 1.21. The summed E-state index contributed by atoms with van der Waals surface area (Å²) in [7, 11) is 0. The maximum Gasteiger partial charge on any atom is 0.254 e. The van der Waals surface area contributed by atoms with Crippen LogP contribution in [-0.2, 0) is 20.9 Å². The number of unbranched alkanes of at least 4 members (excludes halogenated alkanes) is 2. The number of allylic oxidation sites excluding steroid dienone is 1. The number of rotatable bonds is 22. The van der Waals surface area contributed by atoms with E-state index in [2.05, 4.69) is 36.9 Å². The summed E-state index contributed by atoms with van der Waals surface area (Å²) >= 11 is 1.74. The van der Waals surface area contributed by atoms with Crippen LogP contribution in [0.5, 0.6) is 23.0 Å². The number of aliphatic hydroxyl groups excluding tert-OH is 2. The van der Waals surface area contributed by atoms with E-state index in [0.717, 1.165) is 66.7 Å². The molecule has 0 aromatic heterocycles. The number of amides is 1. The van der Waals surface area contributed by atoms with Crippen molar-refractivity contribution in [3.8, 4) is 29.1 Å². The van der Waals surface area contributed by atoms with Crippen molar-refractivity contribution in [2.24, 2.45) is 22.9 Å². The molecule has 70 heavy (non-hydrogen) atoms. The number of nitriles is 1. The number of thioether (sulfide) groups is 1. The molecule has 0 spiro atoms. The first kappa shape index (κ1) is 49.2. The van der Waals surface area contributed by atoms with Gasteiger partial charge in [0.15, 0.2) is 11.5 Å². The summed E-state index contributed by atoms with van der Waals surface area (Å²) in [5.74, 6) is 0.816. The monoisotopic (exact) mass is 969 g/mol. The number of carbonyl (C=O) groups excluding carboxylic acids is 1. The Morgan fingerprint density at radius 2 is 1.74 bits per heavy atom. The van der Waals surface area contributed by atoms with Crippen LogP contribution in [0.25, 0.3) is 0 Å². The molecule has 2 fully saturated rings. The fourth-order valence-corrected chi connectivity index (χ4v) is 11.7. The highest BCUT2D eigenvalue weighted by atomic mass is 32.2. The van der Waals surface area contributed by atoms with Gasteiger partial charge in [-0.05, 0) is 128 Å². The van der Waals surface area contributed by atoms with E-state index in [-0.39, 0.29) is 63.2 Å². The predicted molar refractivity (Wildman–Crippen MR) is 266 cm³/mol. The molecule has 2 N–H and O–H groups in total. The van der Waals surface area contributed by atoms with Crippen molar-refractivity contribution in [1.82, 2.24) is 4.90 Å². The lowest BCUT2D eigenvalue weighted by Gasteiger charge is -2.60. The van der Waals surface area contributed by atoms with Crippen LogP contribution >= 0.6 is 11.8 Å². The standard InChI is InChI=1S/C56H63N3O10S/c1-2-27-67-56-51(59(55(62)40-20-17-38(35-57)18-21-40)36-39-19-23-49-50(31-39)66-37-65-49)34-47(58-69-52-16-8-11-28-64-52)45-32-41(12-6-9-25-60)44(15-7-10-26-61)53(54(45)56)46-33-42(22-24-48(46)68-56)63-29-30-70-43-13-4-3-5-14-43/h2-5,13-14,17-24,31-33,41,44,51-54,60-61H,1,6-12,15-16,25-30,34,36-37H2/t41-,44+,51-,52?,53+,54+,56+/m0/s1. The highest BCUT2D eigenvalue weighted by molar-refractivity contribution is 7.99. The number of hydrogen-bond donors (Lipinski definition) is 2. The van der Waals surface area contributed by atoms with Crippen LogP contribution in [-0.4, -0.2) is 90.4 Å². The summed E-state index contributed by atoms with van der Waals surface area (Å²) in [6.07, 6.45) is 10.8. The summed E-state index contributed by atoms with van der Waals surface area (Å²) in [5.41, 5.74) is 4.20. The zero-order chi connectivity index (χ0) is 48.3. The van der Waals surface area contributed by atoms with Crippen LogP contribution in [0.2, 0.25) is 0 Å². The molecule has 1 saturated heterocycles. The van der Waals surface area contributed by atoms with Crippen LogP contribution in [0.4, 0.5) is 0 Å². The van der Waals surface area contributed by atoms with Gasteiger partial charge in [0, 0.05) is 60.3 Å². The van der Waals surface area contributed by atoms with E-state index in [1.54, 1.807) is 42.1 Å². The fourth-order valence-electron chi connectivity index (χ4n) is 10.9. The first-order valence-electron chi connectivity index (χ1n) is 24.8. The third-order valence-electron chi connectivity index (χ3n) is 14.1. The lowest BCUT2D eigenvalue weighted by Crippen LogP contribution is -2.70. The van der Waals surface area contributed by atoms with Gasteiger partial charge in [0.25, 0.3) is 5.91 Å². The average molecular weight is 970 g/mol. The first-order valence-corrected chi connectivity index (χ1v) is 25.8. The van der Waals surface area contributed by atoms with E-state index in [1.165, 1.54) is 4.90 Å². The Labute approximate surface area is 415 Å². The Hall–Kier alpha value is -5.82. The van der Waals surface area contributed by atoms with Crippen molar-refractivity contribution in [3.63, 3.8) is 0 Å². The number of fused-ring (bicyclic) bond motifs is 3. The SMILES string of the molecule is C=CCO[C@@]12Oc3ccc(OCCSc4ccccc4)cc3[C@H]3[C@H](CCCCO)[C@@H](CCCCO)C=C(C(=NOC4CCCCO4)C[C@@H]1N(Cc1ccc4c(c1)OCO4)C(=O)c1ccc(C#N)cc1)[C@H]32. The van der Waals surface area contributed by atoms with Gasteiger partial charge in [-0.1, -0.05) is 54.4 Å². The number of ether oxygens (including phenoxy) is 6. The number of carbonyl (C=O) groups is 1. The van der Waals surface area contributed by atoms with Crippen molar-refractivity contribution in [1.29, 1.82) is 5.26 Å². The molecule has 13 nitrogen and oxygen atoms in total. The highest BCUT2D eigenvalue weighted by Gasteiger charge is 2.65. The van der Waals surface area contributed by atoms with Crippen LogP contribution in [0.3, 0.4) is 0 Å². The Bertz CT molecular complexity index is 2520. The van der Waals surface area contributed by atoms with Crippen LogP contribution < -0.4 is 18.9 Å². The van der Waals surface area contributed by atoms with Crippen molar-refractivity contribution < 1.29 is 48.3 Å². The van der Waals surface area contributed by atoms with Gasteiger partial charge in [0.1, 0.15) is 17.5 Å². The van der Waals surface area contributed by atoms with Crippen LogP contribution in [0.1, 0.15) is 97.2 Å². The molecule has 1 saturated carbocycles. The zero-order valence-corrected chi connectivity index (χ0v) is 40.4. The molecule has 14 heteroatoms. The van der Waals surface area contributed by atoms with Crippen LogP contribution in [0.15, 0.2) is 125 Å². The zero-order valence-electron chi connectivity index (χ0n) is 39.6. The van der Waals surface area contributed by atoms with E-state index in [0.29, 0.717) is 66.6 Å². The molecule has 0 radical (unpaired) electrons. The molecular weight excluding hydrogens is 907 g/mol. The minimum Gasteiger partial charge on any atom is -0.493 e. The summed E-state index contributed by atoms with van der Waals surface area (Å²) in [6, 6.07) is 30.1. The van der Waals surface area contributed by atoms with Gasteiger partial charge in [0.2, 0.25) is 18.9 Å². The van der Waals surface area contributed by atoms with Gasteiger partial charge >= 0.3 is 0 Å². The van der Waals surface area contributed by atoms with Crippen molar-refractivity contribution in [2.75, 3.05) is 45.6 Å². The molecule has 9 rings (SSSR count). The highest BCUT2D eigenvalue weighted by Crippen LogP contribution is 2.62. The molecule has 4 aromatic rings. The van der Waals surface area contributed by atoms with E-state index < -0.39 is 24.0 Å². The molecule has 0 bridgehead atoms. The number of oxime groups is 1. The maximum absolute atomic E-state index is 15.6. The fraction of sp³-hybridized carbons (Fsp3) is 0.446. The molecule has 3 aliphatic heterocycles. The summed E-state index contributed by atoms with van der Waals surface area (Å²) < 4.78 is 38.9. The van der Waals surface area contributed by atoms with E-state index >= 15 is 4.79 Å². The van der Waals surface area contributed by atoms with Gasteiger partial charge in [-0.2, -0.15) is 5.26 Å². The molecule has 1 unspecified atom stereocenters. The smallest absolute Gasteiger partial charge is 0.254 e. The van der Waals surface area contributed by atoms with Gasteiger partial charge in [-0.3, -0.25) is 4.79 Å². The molecule has 3 heterocycles. The topological polar surface area (TPSA) is 162 Å². The first-order chi connectivity index (χ1) is 34.4. The molecule has 4 aromatic carbocycles. The van der Waals surface area contributed by atoms with E-state index in [4.69, 9.17) is 38.4 Å². The predicted octanol–water partition coefficient (Wildman–Crippen LogP) is 9.96. The average Bonchev–Trinajstić information content (AvgIpc) is 3.88. The van der Waals surface area contributed by atoms with E-state index in [1.807, 2.05) is 53.4 Å². The Morgan fingerprint density at radius 1 is 0.943 bits per heavy atom. The molecular formula is C56H63N3O10S. The minimum absolute atomic E-state index is 0.0244. The molecule has 368 valence electrons. The van der Waals surface area contributed by atoms with Crippen LogP contribution in [0, 0.1) is 29.1 Å². The lowest BCUT2D eigenvalue weighted by molar-refractivity contribution is -0.255. The summed E-state index contributed by atoms with van der Waals surface area (Å²) in [6.45, 7) is 5.68. The maximum atomic E-state index is 15.6. The normalized spacial score (nSPS) is 24.6. The molecule has 7 atom stereocenters. The quantitative estimate of drug-likeness (QED) is 0.0333. The number of benzene rings is 4. The Morgan fingerprint density at radius 3 is 2.51 bits per heavy atom. The largest absolute Gasteiger partial charge is 0.493 e. The van der Waals surface area contributed by atoms with Gasteiger partial charge in [0.05, 0.1) is 43.1 Å². The second kappa shape index (κ2) is 23.4. The second-order valence-corrected chi connectivity index (χ2v) is 19.7. The third kappa shape index (κ3) is 10.9. The molecule has 2 aliphatic carbocycles. The molecule has 1 amide bonds. The summed E-state index contributed by atoms with van der Waals surface area (Å²) in [5, 5.41) is 34.9. The van der Waals surface area contributed by atoms with Gasteiger partial charge in [-0.15, -0.1) is 18.3 Å². The van der Waals surface area contributed by atoms with Gasteiger partial charge < -0.3 is 48.4 Å². The second-order valence-electron chi connectivity index (χ2n) is 18.5. The van der Waals surface area contributed by atoms with Crippen molar-refractivity contribution in [3.05, 3.63) is 138 Å². The summed E-state index contributed by atoms with van der Waals surface area (Å²) in [4.78, 5) is 24.9. The molecule has 5 aliphatic rings.